The minimum atomic E-state index is 1.01. The molecule has 1 saturated heterocycles. The highest BCUT2D eigenvalue weighted by Crippen LogP contribution is 2.13. The number of aromatic nitrogens is 1. The normalized spacial score (nSPS) is 19.1. The van der Waals surface area contributed by atoms with E-state index in [0.29, 0.717) is 0 Å². The molecule has 0 amide bonds. The van der Waals surface area contributed by atoms with Crippen LogP contribution in [0.25, 0.3) is 0 Å². The molecule has 1 fully saturated rings. The van der Waals surface area contributed by atoms with Gasteiger partial charge in [0.15, 0.2) is 0 Å². The van der Waals surface area contributed by atoms with Crippen LogP contribution in [0.1, 0.15) is 37.8 Å². The molecular weight excluding hydrogens is 264 g/mol. The molecule has 1 aliphatic heterocycles. The third-order valence-corrected chi connectivity index (χ3v) is 3.59. The highest BCUT2D eigenvalue weighted by molar-refractivity contribution is 9.10. The summed E-state index contributed by atoms with van der Waals surface area (Å²) in [7, 11) is 0. The molecule has 2 nitrogen and oxygen atoms in total. The Morgan fingerprint density at radius 1 is 1.06 bits per heavy atom. The average Bonchev–Trinajstić information content (AvgIpc) is 2.25. The molecule has 0 N–H and O–H groups in total. The predicted molar refractivity (Wildman–Crippen MR) is 70.3 cm³/mol. The Labute approximate surface area is 106 Å². The van der Waals surface area contributed by atoms with Crippen LogP contribution < -0.4 is 0 Å². The molecule has 1 aromatic heterocycles. The van der Waals surface area contributed by atoms with Crippen molar-refractivity contribution in [2.75, 3.05) is 13.1 Å². The summed E-state index contributed by atoms with van der Waals surface area (Å²) in [5.74, 6) is 0. The fraction of sp³-hybridized carbons (Fsp3) is 0.615. The molecule has 2 rings (SSSR count). The highest BCUT2D eigenvalue weighted by atomic mass is 79.9. The van der Waals surface area contributed by atoms with Crippen molar-refractivity contribution in [3.05, 3.63) is 28.5 Å². The molecule has 0 aliphatic carbocycles. The van der Waals surface area contributed by atoms with Gasteiger partial charge in [-0.05, 0) is 54.0 Å². The summed E-state index contributed by atoms with van der Waals surface area (Å²) >= 11 is 3.42. The van der Waals surface area contributed by atoms with Gasteiger partial charge < -0.3 is 0 Å². The summed E-state index contributed by atoms with van der Waals surface area (Å²) < 4.78 is 1.06. The number of hydrogen-bond donors (Lipinski definition) is 0. The summed E-state index contributed by atoms with van der Waals surface area (Å²) in [6.07, 6.45) is 8.78. The maximum atomic E-state index is 4.44. The van der Waals surface area contributed by atoms with Crippen LogP contribution in [0.3, 0.4) is 0 Å². The van der Waals surface area contributed by atoms with Gasteiger partial charge in [-0.25, -0.2) is 0 Å². The second-order valence-corrected chi connectivity index (χ2v) is 5.43. The third kappa shape index (κ3) is 3.87. The smallest absolute Gasteiger partial charge is 0.0544 e. The van der Waals surface area contributed by atoms with E-state index < -0.39 is 0 Å². The van der Waals surface area contributed by atoms with Gasteiger partial charge in [0, 0.05) is 17.2 Å². The van der Waals surface area contributed by atoms with Crippen LogP contribution in [-0.2, 0) is 6.54 Å². The van der Waals surface area contributed by atoms with Crippen molar-refractivity contribution in [3.63, 3.8) is 0 Å². The van der Waals surface area contributed by atoms with Crippen LogP contribution in [0.15, 0.2) is 22.8 Å². The quantitative estimate of drug-likeness (QED) is 0.824. The minimum absolute atomic E-state index is 1.01. The molecule has 16 heavy (non-hydrogen) atoms. The summed E-state index contributed by atoms with van der Waals surface area (Å²) in [5, 5.41) is 0. The molecule has 0 spiro atoms. The topological polar surface area (TPSA) is 16.1 Å². The molecule has 0 aromatic carbocycles. The van der Waals surface area contributed by atoms with Crippen LogP contribution in [0.2, 0.25) is 0 Å². The van der Waals surface area contributed by atoms with E-state index in [9.17, 15) is 0 Å². The van der Waals surface area contributed by atoms with Gasteiger partial charge in [0.25, 0.3) is 0 Å². The standard InChI is InChI=1S/C13H19BrN2/c14-12-6-7-13(15-10-12)11-16-8-4-2-1-3-5-9-16/h6-7,10H,1-5,8-9,11H2. The Hall–Kier alpha value is -0.410. The number of halogens is 1. The molecule has 0 bridgehead atoms. The molecule has 3 heteroatoms. The van der Waals surface area contributed by atoms with E-state index in [2.05, 4.69) is 37.9 Å². The molecule has 0 radical (unpaired) electrons. The number of likely N-dealkylation sites (tertiary alicyclic amines) is 1. The minimum Gasteiger partial charge on any atom is -0.298 e. The molecular formula is C13H19BrN2. The number of rotatable bonds is 2. The van der Waals surface area contributed by atoms with Crippen LogP contribution >= 0.6 is 15.9 Å². The first-order valence-electron chi connectivity index (χ1n) is 6.17. The molecule has 1 aliphatic rings. The molecule has 0 unspecified atom stereocenters. The van der Waals surface area contributed by atoms with Gasteiger partial charge in [0.2, 0.25) is 0 Å². The van der Waals surface area contributed by atoms with Crippen molar-refractivity contribution in [2.24, 2.45) is 0 Å². The van der Waals surface area contributed by atoms with Crippen molar-refractivity contribution >= 4 is 15.9 Å². The van der Waals surface area contributed by atoms with Crippen LogP contribution in [0.4, 0.5) is 0 Å². The lowest BCUT2D eigenvalue weighted by Gasteiger charge is -2.23. The number of hydrogen-bond acceptors (Lipinski definition) is 2. The maximum absolute atomic E-state index is 4.44. The molecule has 1 aromatic rings. The Kier molecular flexibility index (Phi) is 4.79. The van der Waals surface area contributed by atoms with E-state index in [0.717, 1.165) is 11.0 Å². The summed E-state index contributed by atoms with van der Waals surface area (Å²) in [4.78, 5) is 6.97. The second kappa shape index (κ2) is 6.36. The molecule has 0 atom stereocenters. The SMILES string of the molecule is Brc1ccc(CN2CCCCCCC2)nc1. The zero-order valence-corrected chi connectivity index (χ0v) is 11.2. The summed E-state index contributed by atoms with van der Waals surface area (Å²) in [6, 6.07) is 4.19. The lowest BCUT2D eigenvalue weighted by atomic mass is 10.1. The largest absolute Gasteiger partial charge is 0.298 e. The van der Waals surface area contributed by atoms with Gasteiger partial charge in [-0.3, -0.25) is 9.88 Å². The maximum Gasteiger partial charge on any atom is 0.0544 e. The van der Waals surface area contributed by atoms with Gasteiger partial charge >= 0.3 is 0 Å². The zero-order chi connectivity index (χ0) is 11.2. The Morgan fingerprint density at radius 2 is 1.75 bits per heavy atom. The summed E-state index contributed by atoms with van der Waals surface area (Å²) in [6.45, 7) is 3.47. The van der Waals surface area contributed by atoms with E-state index in [1.54, 1.807) is 0 Å². The van der Waals surface area contributed by atoms with E-state index in [1.807, 2.05) is 6.20 Å². The van der Waals surface area contributed by atoms with E-state index in [4.69, 9.17) is 0 Å². The van der Waals surface area contributed by atoms with Gasteiger partial charge in [-0.2, -0.15) is 0 Å². The molecule has 0 saturated carbocycles. The first-order chi connectivity index (χ1) is 7.84. The van der Waals surface area contributed by atoms with Crippen molar-refractivity contribution < 1.29 is 0 Å². The lowest BCUT2D eigenvalue weighted by Crippen LogP contribution is -2.27. The summed E-state index contributed by atoms with van der Waals surface area (Å²) in [5.41, 5.74) is 1.18. The lowest BCUT2D eigenvalue weighted by molar-refractivity contribution is 0.237. The molecule has 88 valence electrons. The van der Waals surface area contributed by atoms with Gasteiger partial charge in [-0.15, -0.1) is 0 Å². The first kappa shape index (κ1) is 12.1. The number of pyridine rings is 1. The van der Waals surface area contributed by atoms with E-state index >= 15 is 0 Å². The average molecular weight is 283 g/mol. The van der Waals surface area contributed by atoms with Crippen LogP contribution in [0.5, 0.6) is 0 Å². The van der Waals surface area contributed by atoms with Crippen LogP contribution in [0, 0.1) is 0 Å². The fourth-order valence-corrected chi connectivity index (χ4v) is 2.43. The zero-order valence-electron chi connectivity index (χ0n) is 9.66. The number of nitrogens with zero attached hydrogens (tertiary/aromatic N) is 2. The third-order valence-electron chi connectivity index (χ3n) is 3.12. The Morgan fingerprint density at radius 3 is 2.38 bits per heavy atom. The molecule has 2 heterocycles. The van der Waals surface area contributed by atoms with Crippen LogP contribution in [-0.4, -0.2) is 23.0 Å². The fourth-order valence-electron chi connectivity index (χ4n) is 2.20. The monoisotopic (exact) mass is 282 g/mol. The van der Waals surface area contributed by atoms with Crippen molar-refractivity contribution in [3.8, 4) is 0 Å². The first-order valence-corrected chi connectivity index (χ1v) is 6.97. The van der Waals surface area contributed by atoms with Crippen molar-refractivity contribution in [2.45, 2.75) is 38.6 Å². The van der Waals surface area contributed by atoms with Crippen molar-refractivity contribution in [1.29, 1.82) is 0 Å². The van der Waals surface area contributed by atoms with E-state index in [1.165, 1.54) is 50.9 Å². The Balaban J connectivity index is 1.89. The van der Waals surface area contributed by atoms with Gasteiger partial charge in [0.05, 0.1) is 5.69 Å². The highest BCUT2D eigenvalue weighted by Gasteiger charge is 2.08. The predicted octanol–water partition coefficient (Wildman–Crippen LogP) is 3.61. The Bertz CT molecular complexity index is 302. The van der Waals surface area contributed by atoms with Gasteiger partial charge in [0.1, 0.15) is 0 Å². The second-order valence-electron chi connectivity index (χ2n) is 4.51. The van der Waals surface area contributed by atoms with E-state index in [-0.39, 0.29) is 0 Å². The van der Waals surface area contributed by atoms with Gasteiger partial charge in [-0.1, -0.05) is 19.3 Å². The van der Waals surface area contributed by atoms with Crippen molar-refractivity contribution in [1.82, 2.24) is 9.88 Å².